The molecule has 0 saturated heterocycles. The molecule has 1 aromatic carbocycles. The van der Waals surface area contributed by atoms with Gasteiger partial charge in [0.1, 0.15) is 11.6 Å². The third-order valence-electron chi connectivity index (χ3n) is 3.75. The average Bonchev–Trinajstić information content (AvgIpc) is 2.93. The molecule has 0 amide bonds. The molecule has 0 aliphatic heterocycles. The number of hydrogen-bond donors (Lipinski definition) is 2. The van der Waals surface area contributed by atoms with E-state index in [1.165, 1.54) is 12.1 Å². The number of nitrogens with zero attached hydrogens (tertiary/aromatic N) is 4. The zero-order chi connectivity index (χ0) is 18.1. The fraction of sp³-hybridized carbons (Fsp3) is 0.471. The first-order valence-corrected chi connectivity index (χ1v) is 8.20. The van der Waals surface area contributed by atoms with Crippen molar-refractivity contribution in [2.45, 2.75) is 26.4 Å². The topological polar surface area (TPSA) is 76.4 Å². The molecule has 0 saturated carbocycles. The van der Waals surface area contributed by atoms with E-state index >= 15 is 0 Å². The number of nitrogens with one attached hydrogen (secondary N) is 2. The third kappa shape index (κ3) is 6.15. The summed E-state index contributed by atoms with van der Waals surface area (Å²) in [6, 6.07) is 6.33. The van der Waals surface area contributed by atoms with Crippen molar-refractivity contribution >= 4 is 5.96 Å². The lowest BCUT2D eigenvalue weighted by molar-refractivity contribution is 0.195. The average molecular weight is 348 g/mol. The van der Waals surface area contributed by atoms with Gasteiger partial charge in [0.05, 0.1) is 13.1 Å². The molecule has 0 unspecified atom stereocenters. The van der Waals surface area contributed by atoms with Gasteiger partial charge in [-0.3, -0.25) is 0 Å². The van der Waals surface area contributed by atoms with Crippen LogP contribution in [0.3, 0.4) is 0 Å². The molecule has 2 N–H and O–H groups in total. The lowest BCUT2D eigenvalue weighted by Gasteiger charge is -2.12. The number of aliphatic imine (C=N–C) groups is 1. The van der Waals surface area contributed by atoms with E-state index < -0.39 is 0 Å². The van der Waals surface area contributed by atoms with Gasteiger partial charge in [-0.05, 0) is 31.0 Å². The first-order valence-electron chi connectivity index (χ1n) is 8.20. The van der Waals surface area contributed by atoms with Crippen LogP contribution >= 0.6 is 0 Å². The van der Waals surface area contributed by atoms with Gasteiger partial charge >= 0.3 is 0 Å². The van der Waals surface area contributed by atoms with Crippen molar-refractivity contribution < 1.29 is 9.13 Å². The van der Waals surface area contributed by atoms with Crippen LogP contribution in [0, 0.1) is 12.7 Å². The van der Waals surface area contributed by atoms with Crippen LogP contribution < -0.4 is 10.6 Å². The maximum Gasteiger partial charge on any atom is 0.191 e. The van der Waals surface area contributed by atoms with Crippen LogP contribution in [0.25, 0.3) is 0 Å². The van der Waals surface area contributed by atoms with Gasteiger partial charge in [0, 0.05) is 27.3 Å². The Bertz CT molecular complexity index is 683. The highest BCUT2D eigenvalue weighted by Gasteiger charge is 2.06. The molecule has 0 radical (unpaired) electrons. The van der Waals surface area contributed by atoms with Gasteiger partial charge in [-0.1, -0.05) is 12.1 Å². The predicted octanol–water partition coefficient (Wildman–Crippen LogP) is 1.53. The quantitative estimate of drug-likeness (QED) is 0.430. The smallest absolute Gasteiger partial charge is 0.191 e. The molecule has 0 aliphatic rings. The van der Waals surface area contributed by atoms with E-state index in [0.717, 1.165) is 30.2 Å². The van der Waals surface area contributed by atoms with Gasteiger partial charge in [0.25, 0.3) is 0 Å². The van der Waals surface area contributed by atoms with Crippen LogP contribution in [0.4, 0.5) is 4.39 Å². The van der Waals surface area contributed by atoms with Crippen molar-refractivity contribution in [3.63, 3.8) is 0 Å². The molecule has 0 bridgehead atoms. The molecule has 25 heavy (non-hydrogen) atoms. The molecule has 0 aliphatic carbocycles. The highest BCUT2D eigenvalue weighted by Crippen LogP contribution is 2.04. The molecular weight excluding hydrogens is 323 g/mol. The summed E-state index contributed by atoms with van der Waals surface area (Å²) in [5.41, 5.74) is 0.939. The summed E-state index contributed by atoms with van der Waals surface area (Å²) in [6.07, 6.45) is 0.872. The molecule has 1 heterocycles. The second-order valence-corrected chi connectivity index (χ2v) is 5.64. The van der Waals surface area contributed by atoms with Gasteiger partial charge in [-0.25, -0.2) is 9.38 Å². The second kappa shape index (κ2) is 9.73. The van der Waals surface area contributed by atoms with Gasteiger partial charge < -0.3 is 19.9 Å². The van der Waals surface area contributed by atoms with Gasteiger partial charge in [-0.15, -0.1) is 10.2 Å². The zero-order valence-electron chi connectivity index (χ0n) is 14.9. The lowest BCUT2D eigenvalue weighted by Crippen LogP contribution is -2.38. The summed E-state index contributed by atoms with van der Waals surface area (Å²) >= 11 is 0. The standard InChI is InChI=1S/C17H25FN6O/c1-13-22-23-16(24(13)2)12-21-17(19-9-4-10-25-3)20-11-14-5-7-15(18)8-6-14/h5-8H,4,9-12H2,1-3H3,(H2,19,20,21). The third-order valence-corrected chi connectivity index (χ3v) is 3.75. The fourth-order valence-corrected chi connectivity index (χ4v) is 2.13. The maximum absolute atomic E-state index is 13.0. The van der Waals surface area contributed by atoms with Crippen molar-refractivity contribution in [3.05, 3.63) is 47.3 Å². The number of benzene rings is 1. The van der Waals surface area contributed by atoms with E-state index in [1.54, 1.807) is 19.2 Å². The Balaban J connectivity index is 1.96. The minimum atomic E-state index is -0.249. The summed E-state index contributed by atoms with van der Waals surface area (Å²) in [5, 5.41) is 14.7. The first-order chi connectivity index (χ1) is 12.1. The molecule has 7 nitrogen and oxygen atoms in total. The summed E-state index contributed by atoms with van der Waals surface area (Å²) in [7, 11) is 3.60. The van der Waals surface area contributed by atoms with Crippen molar-refractivity contribution in [1.82, 2.24) is 25.4 Å². The summed E-state index contributed by atoms with van der Waals surface area (Å²) < 4.78 is 20.0. The zero-order valence-corrected chi connectivity index (χ0v) is 14.9. The van der Waals surface area contributed by atoms with E-state index in [-0.39, 0.29) is 5.82 Å². The first kappa shape index (κ1) is 18.9. The van der Waals surface area contributed by atoms with Crippen LogP contribution in [0.2, 0.25) is 0 Å². The minimum Gasteiger partial charge on any atom is -0.385 e. The number of hydrogen-bond acceptors (Lipinski definition) is 4. The van der Waals surface area contributed by atoms with E-state index in [4.69, 9.17) is 4.74 Å². The molecule has 2 aromatic rings. The Morgan fingerprint density at radius 1 is 1.24 bits per heavy atom. The van der Waals surface area contributed by atoms with Crippen LogP contribution in [0.15, 0.2) is 29.3 Å². The van der Waals surface area contributed by atoms with Crippen LogP contribution in [-0.2, 0) is 24.9 Å². The number of halogens is 1. The Kier molecular flexibility index (Phi) is 7.34. The van der Waals surface area contributed by atoms with Crippen molar-refractivity contribution in [1.29, 1.82) is 0 Å². The molecule has 2 rings (SSSR count). The van der Waals surface area contributed by atoms with E-state index in [1.807, 2.05) is 18.5 Å². The summed E-state index contributed by atoms with van der Waals surface area (Å²) in [6.45, 7) is 4.29. The minimum absolute atomic E-state index is 0.249. The summed E-state index contributed by atoms with van der Waals surface area (Å²) in [5.74, 6) is 2.10. The molecule has 1 aromatic heterocycles. The second-order valence-electron chi connectivity index (χ2n) is 5.64. The highest BCUT2D eigenvalue weighted by molar-refractivity contribution is 5.79. The van der Waals surface area contributed by atoms with Crippen LogP contribution in [-0.4, -0.2) is 41.0 Å². The highest BCUT2D eigenvalue weighted by atomic mass is 19.1. The van der Waals surface area contributed by atoms with E-state index in [2.05, 4.69) is 25.8 Å². The van der Waals surface area contributed by atoms with Crippen LogP contribution in [0.5, 0.6) is 0 Å². The molecule has 136 valence electrons. The van der Waals surface area contributed by atoms with Crippen LogP contribution in [0.1, 0.15) is 23.6 Å². The number of ether oxygens (including phenoxy) is 1. The molecule has 0 spiro atoms. The monoisotopic (exact) mass is 348 g/mol. The Morgan fingerprint density at radius 2 is 2.00 bits per heavy atom. The van der Waals surface area contributed by atoms with E-state index in [9.17, 15) is 4.39 Å². The molecule has 0 atom stereocenters. The Labute approximate surface area is 147 Å². The van der Waals surface area contributed by atoms with Gasteiger partial charge in [0.15, 0.2) is 11.8 Å². The number of aryl methyl sites for hydroxylation is 1. The Hall–Kier alpha value is -2.48. The largest absolute Gasteiger partial charge is 0.385 e. The SMILES string of the molecule is COCCCNC(=NCc1ccc(F)cc1)NCc1nnc(C)n1C. The molecule has 0 fully saturated rings. The number of methoxy groups -OCH3 is 1. The molecule has 8 heteroatoms. The maximum atomic E-state index is 13.0. The Morgan fingerprint density at radius 3 is 2.64 bits per heavy atom. The van der Waals surface area contributed by atoms with E-state index in [0.29, 0.717) is 25.7 Å². The van der Waals surface area contributed by atoms with Gasteiger partial charge in [-0.2, -0.15) is 0 Å². The van der Waals surface area contributed by atoms with Gasteiger partial charge in [0.2, 0.25) is 0 Å². The predicted molar refractivity (Wildman–Crippen MR) is 94.6 cm³/mol. The van der Waals surface area contributed by atoms with Crippen molar-refractivity contribution in [2.24, 2.45) is 12.0 Å². The number of rotatable bonds is 8. The summed E-state index contributed by atoms with van der Waals surface area (Å²) in [4.78, 5) is 4.55. The normalized spacial score (nSPS) is 11.6. The number of guanidine groups is 1. The molecular formula is C17H25FN6O. The lowest BCUT2D eigenvalue weighted by atomic mass is 10.2. The fourth-order valence-electron chi connectivity index (χ4n) is 2.13. The number of aromatic nitrogens is 3. The van der Waals surface area contributed by atoms with Crippen molar-refractivity contribution in [3.8, 4) is 0 Å². The van der Waals surface area contributed by atoms with Crippen molar-refractivity contribution in [2.75, 3.05) is 20.3 Å².